The maximum Gasteiger partial charge on any atom is 0.237 e. The number of aromatic nitrogens is 1. The third-order valence-corrected chi connectivity index (χ3v) is 5.07. The molecule has 0 unspecified atom stereocenters. The monoisotopic (exact) mass is 326 g/mol. The molecule has 0 saturated carbocycles. The summed E-state index contributed by atoms with van der Waals surface area (Å²) < 4.78 is 23.8. The van der Waals surface area contributed by atoms with Crippen LogP contribution < -0.4 is 0 Å². The lowest BCUT2D eigenvalue weighted by molar-refractivity contribution is -0.133. The van der Waals surface area contributed by atoms with Crippen molar-refractivity contribution < 1.29 is 13.2 Å². The van der Waals surface area contributed by atoms with E-state index in [2.05, 4.69) is 9.88 Å². The van der Waals surface area contributed by atoms with E-state index in [0.717, 1.165) is 30.2 Å². The SMILES string of the molecule is CN(CC(=O)N1CCN(Cc2ccncc2)CC1)S(C)(=O)=O. The predicted octanol–water partition coefficient (Wildman–Crippen LogP) is -0.383. The fourth-order valence-corrected chi connectivity index (χ4v) is 2.65. The van der Waals surface area contributed by atoms with Gasteiger partial charge in [0.25, 0.3) is 0 Å². The van der Waals surface area contributed by atoms with Gasteiger partial charge in [-0.1, -0.05) is 0 Å². The second kappa shape index (κ2) is 7.17. The standard InChI is InChI=1S/C14H22N4O3S/c1-16(22(2,20)21)12-14(19)18-9-7-17(8-10-18)11-13-3-5-15-6-4-13/h3-6H,7-12H2,1-2H3. The molecule has 0 atom stereocenters. The van der Waals surface area contributed by atoms with Crippen molar-refractivity contribution in [2.75, 3.05) is 46.0 Å². The van der Waals surface area contributed by atoms with Gasteiger partial charge in [0.05, 0.1) is 12.8 Å². The number of carbonyl (C=O) groups excluding carboxylic acids is 1. The molecule has 1 aliphatic rings. The van der Waals surface area contributed by atoms with Gasteiger partial charge in [-0.3, -0.25) is 14.7 Å². The molecule has 7 nitrogen and oxygen atoms in total. The molecule has 0 spiro atoms. The number of hydrogen-bond donors (Lipinski definition) is 0. The van der Waals surface area contributed by atoms with E-state index < -0.39 is 10.0 Å². The van der Waals surface area contributed by atoms with Gasteiger partial charge >= 0.3 is 0 Å². The summed E-state index contributed by atoms with van der Waals surface area (Å²) in [4.78, 5) is 20.1. The topological polar surface area (TPSA) is 73.8 Å². The molecule has 1 aromatic rings. The van der Waals surface area contributed by atoms with Crippen LogP contribution in [-0.4, -0.2) is 79.4 Å². The maximum absolute atomic E-state index is 12.1. The van der Waals surface area contributed by atoms with Crippen LogP contribution in [0.25, 0.3) is 0 Å². The molecule has 2 rings (SSSR count). The predicted molar refractivity (Wildman–Crippen MR) is 83.6 cm³/mol. The second-order valence-electron chi connectivity index (χ2n) is 5.53. The average Bonchev–Trinajstić information content (AvgIpc) is 2.48. The Hall–Kier alpha value is -1.51. The van der Waals surface area contributed by atoms with Gasteiger partial charge in [0.15, 0.2) is 0 Å². The van der Waals surface area contributed by atoms with Gasteiger partial charge in [0, 0.05) is 52.2 Å². The summed E-state index contributed by atoms with van der Waals surface area (Å²) in [5.74, 6) is -0.142. The second-order valence-corrected chi connectivity index (χ2v) is 7.62. The average molecular weight is 326 g/mol. The lowest BCUT2D eigenvalue weighted by atomic mass is 10.2. The van der Waals surface area contributed by atoms with Crippen molar-refractivity contribution in [3.63, 3.8) is 0 Å². The van der Waals surface area contributed by atoms with Crippen molar-refractivity contribution in [2.45, 2.75) is 6.54 Å². The lowest BCUT2D eigenvalue weighted by Crippen LogP contribution is -2.50. The molecule has 1 amide bonds. The summed E-state index contributed by atoms with van der Waals surface area (Å²) in [6, 6.07) is 3.97. The van der Waals surface area contributed by atoms with Gasteiger partial charge < -0.3 is 4.90 Å². The Morgan fingerprint density at radius 2 is 1.82 bits per heavy atom. The highest BCUT2D eigenvalue weighted by molar-refractivity contribution is 7.88. The quantitative estimate of drug-likeness (QED) is 0.737. The number of hydrogen-bond acceptors (Lipinski definition) is 5. The first-order valence-electron chi connectivity index (χ1n) is 7.16. The number of piperazine rings is 1. The largest absolute Gasteiger partial charge is 0.339 e. The molecule has 0 bridgehead atoms. The van der Waals surface area contributed by atoms with E-state index in [1.165, 1.54) is 12.6 Å². The Balaban J connectivity index is 1.80. The molecule has 0 aromatic carbocycles. The summed E-state index contributed by atoms with van der Waals surface area (Å²) in [7, 11) is -1.89. The lowest BCUT2D eigenvalue weighted by Gasteiger charge is -2.35. The summed E-state index contributed by atoms with van der Waals surface area (Å²) in [5, 5.41) is 0. The molecule has 0 N–H and O–H groups in total. The first kappa shape index (κ1) is 16.9. The van der Waals surface area contributed by atoms with E-state index in [-0.39, 0.29) is 12.5 Å². The Kier molecular flexibility index (Phi) is 5.49. The van der Waals surface area contributed by atoms with Crippen LogP contribution in [0, 0.1) is 0 Å². The minimum atomic E-state index is -3.32. The number of carbonyl (C=O) groups is 1. The Labute approximate surface area is 131 Å². The van der Waals surface area contributed by atoms with E-state index in [4.69, 9.17) is 0 Å². The molecule has 1 fully saturated rings. The van der Waals surface area contributed by atoms with Crippen molar-refractivity contribution >= 4 is 15.9 Å². The van der Waals surface area contributed by atoms with Gasteiger partial charge in [-0.05, 0) is 17.7 Å². The third kappa shape index (κ3) is 4.75. The van der Waals surface area contributed by atoms with Gasteiger partial charge in [0.2, 0.25) is 15.9 Å². The summed E-state index contributed by atoms with van der Waals surface area (Å²) in [6.07, 6.45) is 4.65. The van der Waals surface area contributed by atoms with Crippen LogP contribution >= 0.6 is 0 Å². The van der Waals surface area contributed by atoms with E-state index >= 15 is 0 Å². The Bertz CT molecular complexity index is 598. The summed E-state index contributed by atoms with van der Waals surface area (Å²) in [6.45, 7) is 3.58. The Morgan fingerprint density at radius 1 is 1.23 bits per heavy atom. The molecule has 0 aliphatic carbocycles. The molecule has 2 heterocycles. The van der Waals surface area contributed by atoms with Crippen molar-refractivity contribution in [3.05, 3.63) is 30.1 Å². The van der Waals surface area contributed by atoms with Crippen molar-refractivity contribution in [3.8, 4) is 0 Å². The highest BCUT2D eigenvalue weighted by atomic mass is 32.2. The minimum absolute atomic E-state index is 0.0941. The van der Waals surface area contributed by atoms with Crippen LogP contribution in [0.5, 0.6) is 0 Å². The van der Waals surface area contributed by atoms with Gasteiger partial charge in [0.1, 0.15) is 0 Å². The molecule has 1 aromatic heterocycles. The number of sulfonamides is 1. The molecular weight excluding hydrogens is 304 g/mol. The summed E-state index contributed by atoms with van der Waals surface area (Å²) in [5.41, 5.74) is 1.20. The first-order chi connectivity index (χ1) is 10.4. The zero-order valence-electron chi connectivity index (χ0n) is 13.0. The van der Waals surface area contributed by atoms with E-state index in [0.29, 0.717) is 13.1 Å². The fourth-order valence-electron chi connectivity index (χ4n) is 2.31. The van der Waals surface area contributed by atoms with Gasteiger partial charge in [-0.15, -0.1) is 0 Å². The van der Waals surface area contributed by atoms with E-state index in [9.17, 15) is 13.2 Å². The molecule has 1 saturated heterocycles. The number of rotatable bonds is 5. The van der Waals surface area contributed by atoms with Crippen LogP contribution in [0.3, 0.4) is 0 Å². The zero-order chi connectivity index (χ0) is 16.2. The van der Waals surface area contributed by atoms with Gasteiger partial charge in [-0.25, -0.2) is 8.42 Å². The number of likely N-dealkylation sites (N-methyl/N-ethyl adjacent to an activating group) is 1. The first-order valence-corrected chi connectivity index (χ1v) is 9.01. The Morgan fingerprint density at radius 3 is 2.36 bits per heavy atom. The highest BCUT2D eigenvalue weighted by Crippen LogP contribution is 2.08. The number of nitrogens with zero attached hydrogens (tertiary/aromatic N) is 4. The molecule has 122 valence electrons. The van der Waals surface area contributed by atoms with E-state index in [1.54, 1.807) is 17.3 Å². The molecular formula is C14H22N4O3S. The van der Waals surface area contributed by atoms with Crippen molar-refractivity contribution in [2.24, 2.45) is 0 Å². The van der Waals surface area contributed by atoms with Crippen molar-refractivity contribution in [1.82, 2.24) is 19.1 Å². The molecule has 1 aliphatic heterocycles. The highest BCUT2D eigenvalue weighted by Gasteiger charge is 2.24. The number of pyridine rings is 1. The third-order valence-electron chi connectivity index (χ3n) is 3.80. The molecule has 8 heteroatoms. The van der Waals surface area contributed by atoms with Crippen LogP contribution in [0.15, 0.2) is 24.5 Å². The van der Waals surface area contributed by atoms with E-state index in [1.807, 2.05) is 12.1 Å². The smallest absolute Gasteiger partial charge is 0.237 e. The van der Waals surface area contributed by atoms with Crippen LogP contribution in [0.4, 0.5) is 0 Å². The van der Waals surface area contributed by atoms with Crippen LogP contribution in [0.2, 0.25) is 0 Å². The fraction of sp³-hybridized carbons (Fsp3) is 0.571. The minimum Gasteiger partial charge on any atom is -0.339 e. The maximum atomic E-state index is 12.1. The molecule has 22 heavy (non-hydrogen) atoms. The number of amides is 1. The van der Waals surface area contributed by atoms with Gasteiger partial charge in [-0.2, -0.15) is 4.31 Å². The summed E-state index contributed by atoms with van der Waals surface area (Å²) >= 11 is 0. The molecule has 0 radical (unpaired) electrons. The van der Waals surface area contributed by atoms with Crippen LogP contribution in [-0.2, 0) is 21.4 Å². The zero-order valence-corrected chi connectivity index (χ0v) is 13.8. The van der Waals surface area contributed by atoms with Crippen molar-refractivity contribution in [1.29, 1.82) is 0 Å². The van der Waals surface area contributed by atoms with Crippen LogP contribution in [0.1, 0.15) is 5.56 Å². The normalized spacial score (nSPS) is 17.0.